The van der Waals surface area contributed by atoms with Crippen molar-refractivity contribution in [2.75, 3.05) is 6.61 Å². The maximum absolute atomic E-state index is 9.76. The molecule has 16 heavy (non-hydrogen) atoms. The van der Waals surface area contributed by atoms with E-state index in [1.165, 1.54) is 0 Å². The zero-order valence-electron chi connectivity index (χ0n) is 8.88. The van der Waals surface area contributed by atoms with Crippen molar-refractivity contribution in [3.05, 3.63) is 65.7 Å². The topological polar surface area (TPSA) is 40.5 Å². The standard InChI is InChI=1S/C14H14O2/c15-10-13(11-6-2-1-3-7-11)12-8-4-5-9-14(12)16/h1-9,13,15-16H,10H2/t13-/m0/s1. The second-order valence-corrected chi connectivity index (χ2v) is 3.70. The molecule has 0 aromatic heterocycles. The zero-order valence-corrected chi connectivity index (χ0v) is 8.88. The molecule has 0 radical (unpaired) electrons. The summed E-state index contributed by atoms with van der Waals surface area (Å²) < 4.78 is 0. The molecule has 0 heterocycles. The summed E-state index contributed by atoms with van der Waals surface area (Å²) >= 11 is 0. The van der Waals surface area contributed by atoms with Crippen molar-refractivity contribution >= 4 is 0 Å². The molecule has 0 saturated carbocycles. The summed E-state index contributed by atoms with van der Waals surface area (Å²) in [7, 11) is 0. The largest absolute Gasteiger partial charge is 0.508 e. The molecule has 0 spiro atoms. The van der Waals surface area contributed by atoms with Crippen LogP contribution in [0.5, 0.6) is 5.75 Å². The minimum atomic E-state index is -0.164. The first-order valence-electron chi connectivity index (χ1n) is 5.26. The van der Waals surface area contributed by atoms with Crippen molar-refractivity contribution in [3.63, 3.8) is 0 Å². The third-order valence-electron chi connectivity index (χ3n) is 2.70. The summed E-state index contributed by atoms with van der Waals surface area (Å²) in [5, 5.41) is 19.2. The van der Waals surface area contributed by atoms with Crippen LogP contribution in [-0.2, 0) is 0 Å². The van der Waals surface area contributed by atoms with Gasteiger partial charge in [0.1, 0.15) is 5.75 Å². The molecule has 0 bridgehead atoms. The fraction of sp³-hybridized carbons (Fsp3) is 0.143. The summed E-state index contributed by atoms with van der Waals surface area (Å²) in [6.07, 6.45) is 0. The quantitative estimate of drug-likeness (QED) is 0.824. The van der Waals surface area contributed by atoms with Crippen LogP contribution in [0.25, 0.3) is 0 Å². The predicted molar refractivity (Wildman–Crippen MR) is 63.5 cm³/mol. The van der Waals surface area contributed by atoms with Gasteiger partial charge in [-0.05, 0) is 11.6 Å². The zero-order chi connectivity index (χ0) is 11.4. The lowest BCUT2D eigenvalue weighted by Gasteiger charge is -2.16. The number of phenols is 1. The van der Waals surface area contributed by atoms with Crippen molar-refractivity contribution < 1.29 is 10.2 Å². The van der Waals surface area contributed by atoms with Crippen LogP contribution in [-0.4, -0.2) is 16.8 Å². The highest BCUT2D eigenvalue weighted by molar-refractivity contribution is 5.41. The third-order valence-corrected chi connectivity index (χ3v) is 2.70. The molecular weight excluding hydrogens is 200 g/mol. The van der Waals surface area contributed by atoms with Crippen molar-refractivity contribution in [3.8, 4) is 5.75 Å². The van der Waals surface area contributed by atoms with Crippen molar-refractivity contribution in [1.82, 2.24) is 0 Å². The average Bonchev–Trinajstić information content (AvgIpc) is 2.34. The van der Waals surface area contributed by atoms with Crippen LogP contribution in [0.4, 0.5) is 0 Å². The van der Waals surface area contributed by atoms with E-state index in [1.54, 1.807) is 12.1 Å². The van der Waals surface area contributed by atoms with Crippen molar-refractivity contribution in [1.29, 1.82) is 0 Å². The predicted octanol–water partition coefficient (Wildman–Crippen LogP) is 2.52. The molecule has 2 aromatic rings. The molecule has 2 rings (SSSR count). The minimum absolute atomic E-state index is 0.0123. The Morgan fingerprint density at radius 2 is 1.50 bits per heavy atom. The first-order chi connectivity index (χ1) is 7.83. The number of aliphatic hydroxyl groups excluding tert-OH is 1. The number of para-hydroxylation sites is 1. The smallest absolute Gasteiger partial charge is 0.119 e. The Hall–Kier alpha value is -1.80. The van der Waals surface area contributed by atoms with Gasteiger partial charge in [-0.3, -0.25) is 0 Å². The molecule has 0 saturated heterocycles. The van der Waals surface area contributed by atoms with Gasteiger partial charge in [-0.1, -0.05) is 48.5 Å². The fourth-order valence-corrected chi connectivity index (χ4v) is 1.85. The van der Waals surface area contributed by atoms with Crippen LogP contribution in [0.3, 0.4) is 0 Å². The number of rotatable bonds is 3. The number of hydrogen-bond donors (Lipinski definition) is 2. The first kappa shape index (κ1) is 10.7. The lowest BCUT2D eigenvalue weighted by molar-refractivity contribution is 0.278. The SMILES string of the molecule is OC[C@@H](c1ccccc1)c1ccccc1O. The summed E-state index contributed by atoms with van der Waals surface area (Å²) in [4.78, 5) is 0. The van der Waals surface area contributed by atoms with E-state index in [-0.39, 0.29) is 18.3 Å². The van der Waals surface area contributed by atoms with Crippen LogP contribution in [0.2, 0.25) is 0 Å². The summed E-state index contributed by atoms with van der Waals surface area (Å²) in [6.45, 7) is -0.0123. The highest BCUT2D eigenvalue weighted by atomic mass is 16.3. The Labute approximate surface area is 94.8 Å². The van der Waals surface area contributed by atoms with Gasteiger partial charge in [-0.15, -0.1) is 0 Å². The summed E-state index contributed by atoms with van der Waals surface area (Å²) in [6, 6.07) is 16.8. The fourth-order valence-electron chi connectivity index (χ4n) is 1.85. The van der Waals surface area contributed by atoms with Gasteiger partial charge in [0.25, 0.3) is 0 Å². The lowest BCUT2D eigenvalue weighted by atomic mass is 9.91. The van der Waals surface area contributed by atoms with E-state index >= 15 is 0 Å². The van der Waals surface area contributed by atoms with E-state index in [4.69, 9.17) is 0 Å². The van der Waals surface area contributed by atoms with Crippen molar-refractivity contribution in [2.24, 2.45) is 0 Å². The van der Waals surface area contributed by atoms with Gasteiger partial charge in [-0.2, -0.15) is 0 Å². The molecule has 2 heteroatoms. The van der Waals surface area contributed by atoms with E-state index < -0.39 is 0 Å². The van der Waals surface area contributed by atoms with Crippen LogP contribution in [0.15, 0.2) is 54.6 Å². The van der Waals surface area contributed by atoms with Gasteiger partial charge in [0, 0.05) is 11.5 Å². The highest BCUT2D eigenvalue weighted by Gasteiger charge is 2.15. The summed E-state index contributed by atoms with van der Waals surface area (Å²) in [5.41, 5.74) is 1.77. The maximum atomic E-state index is 9.76. The molecule has 0 aliphatic carbocycles. The van der Waals surface area contributed by atoms with Crippen LogP contribution < -0.4 is 0 Å². The van der Waals surface area contributed by atoms with Gasteiger partial charge < -0.3 is 10.2 Å². The van der Waals surface area contributed by atoms with Gasteiger partial charge in [0.2, 0.25) is 0 Å². The molecule has 0 unspecified atom stereocenters. The van der Waals surface area contributed by atoms with E-state index in [2.05, 4.69) is 0 Å². The van der Waals surface area contributed by atoms with E-state index in [9.17, 15) is 10.2 Å². The number of hydrogen-bond acceptors (Lipinski definition) is 2. The Morgan fingerprint density at radius 1 is 0.875 bits per heavy atom. The lowest BCUT2D eigenvalue weighted by Crippen LogP contribution is -2.05. The Kier molecular flexibility index (Phi) is 3.22. The van der Waals surface area contributed by atoms with Gasteiger partial charge in [-0.25, -0.2) is 0 Å². The first-order valence-corrected chi connectivity index (χ1v) is 5.26. The monoisotopic (exact) mass is 214 g/mol. The van der Waals surface area contributed by atoms with E-state index in [0.717, 1.165) is 11.1 Å². The maximum Gasteiger partial charge on any atom is 0.119 e. The van der Waals surface area contributed by atoms with Gasteiger partial charge >= 0.3 is 0 Å². The van der Waals surface area contributed by atoms with Gasteiger partial charge in [0.05, 0.1) is 6.61 Å². The van der Waals surface area contributed by atoms with Crippen molar-refractivity contribution in [2.45, 2.75) is 5.92 Å². The van der Waals surface area contributed by atoms with Gasteiger partial charge in [0.15, 0.2) is 0 Å². The number of phenolic OH excluding ortho intramolecular Hbond substituents is 1. The number of benzene rings is 2. The molecule has 2 aromatic carbocycles. The normalized spacial score (nSPS) is 12.3. The van der Waals surface area contributed by atoms with Crippen LogP contribution in [0, 0.1) is 0 Å². The van der Waals surface area contributed by atoms with Crippen LogP contribution in [0.1, 0.15) is 17.0 Å². The molecule has 0 aliphatic heterocycles. The third kappa shape index (κ3) is 2.07. The molecule has 0 aliphatic rings. The molecular formula is C14H14O2. The Balaban J connectivity index is 2.41. The Bertz CT molecular complexity index is 451. The molecule has 1 atom stereocenters. The average molecular weight is 214 g/mol. The number of aromatic hydroxyl groups is 1. The van der Waals surface area contributed by atoms with E-state index in [1.807, 2.05) is 42.5 Å². The highest BCUT2D eigenvalue weighted by Crippen LogP contribution is 2.30. The van der Waals surface area contributed by atoms with Crippen LogP contribution >= 0.6 is 0 Å². The molecule has 82 valence electrons. The second kappa shape index (κ2) is 4.81. The molecule has 2 nitrogen and oxygen atoms in total. The minimum Gasteiger partial charge on any atom is -0.508 e. The Morgan fingerprint density at radius 3 is 2.12 bits per heavy atom. The number of aliphatic hydroxyl groups is 1. The molecule has 2 N–H and O–H groups in total. The molecule has 0 amide bonds. The second-order valence-electron chi connectivity index (χ2n) is 3.70. The summed E-state index contributed by atoms with van der Waals surface area (Å²) in [5.74, 6) is 0.0628. The molecule has 0 fully saturated rings. The van der Waals surface area contributed by atoms with E-state index in [0.29, 0.717) is 0 Å².